The van der Waals surface area contributed by atoms with Gasteiger partial charge in [-0.25, -0.2) is 0 Å². The Kier molecular flexibility index (Phi) is 2.71. The lowest BCUT2D eigenvalue weighted by atomic mass is 10.2. The molecule has 1 heterocycles. The third-order valence-corrected chi connectivity index (χ3v) is 1.36. The Labute approximate surface area is 69.3 Å². The number of rotatable bonds is 3. The minimum atomic E-state index is -1.03. The summed E-state index contributed by atoms with van der Waals surface area (Å²) in [5.41, 5.74) is 5.87. The highest BCUT2D eigenvalue weighted by atomic mass is 16.4. The Morgan fingerprint density at radius 1 is 1.67 bits per heavy atom. The van der Waals surface area contributed by atoms with E-state index in [-0.39, 0.29) is 6.42 Å². The largest absolute Gasteiger partial charge is 0.480 e. The van der Waals surface area contributed by atoms with Crippen molar-refractivity contribution in [1.29, 1.82) is 0 Å². The number of aromatic nitrogens is 2. The standard InChI is InChI=1S/C7H9N3O2/c8-6(7(11)12)3-5-4-9-1-2-10-5/h1-2,4,6H,3,8H2,(H,11,12)/t6-/m0/s1. The number of nitrogens with two attached hydrogens (primary N) is 1. The average molecular weight is 167 g/mol. The van der Waals surface area contributed by atoms with Gasteiger partial charge in [0.05, 0.1) is 5.69 Å². The molecular weight excluding hydrogens is 158 g/mol. The minimum absolute atomic E-state index is 0.211. The molecule has 0 bridgehead atoms. The van der Waals surface area contributed by atoms with Crippen molar-refractivity contribution in [2.75, 3.05) is 0 Å². The second-order valence-corrected chi connectivity index (χ2v) is 2.35. The molecule has 0 fully saturated rings. The smallest absolute Gasteiger partial charge is 0.320 e. The average Bonchev–Trinajstić information content (AvgIpc) is 2.06. The lowest BCUT2D eigenvalue weighted by Crippen LogP contribution is -2.32. The van der Waals surface area contributed by atoms with E-state index < -0.39 is 12.0 Å². The van der Waals surface area contributed by atoms with Crippen LogP contribution in [0.3, 0.4) is 0 Å². The van der Waals surface area contributed by atoms with Gasteiger partial charge in [0, 0.05) is 25.0 Å². The van der Waals surface area contributed by atoms with Crippen molar-refractivity contribution in [3.8, 4) is 0 Å². The van der Waals surface area contributed by atoms with Crippen molar-refractivity contribution in [3.63, 3.8) is 0 Å². The van der Waals surface area contributed by atoms with E-state index in [1.165, 1.54) is 18.6 Å². The summed E-state index contributed by atoms with van der Waals surface area (Å²) in [7, 11) is 0. The van der Waals surface area contributed by atoms with Crippen molar-refractivity contribution < 1.29 is 9.90 Å². The fourth-order valence-electron chi connectivity index (χ4n) is 0.748. The Bertz CT molecular complexity index is 263. The molecule has 0 saturated carbocycles. The third kappa shape index (κ3) is 2.28. The molecule has 0 unspecified atom stereocenters. The van der Waals surface area contributed by atoms with Crippen molar-refractivity contribution >= 4 is 5.97 Å². The Hall–Kier alpha value is -1.49. The molecular formula is C7H9N3O2. The molecule has 0 aliphatic carbocycles. The number of hydrogen-bond donors (Lipinski definition) is 2. The SMILES string of the molecule is N[C@@H](Cc1cnccn1)C(=O)O. The lowest BCUT2D eigenvalue weighted by Gasteiger charge is -2.03. The van der Waals surface area contributed by atoms with Crippen LogP contribution in [0.2, 0.25) is 0 Å². The summed E-state index contributed by atoms with van der Waals surface area (Å²) in [6.07, 6.45) is 4.74. The maximum atomic E-state index is 10.3. The summed E-state index contributed by atoms with van der Waals surface area (Å²) in [4.78, 5) is 18.0. The number of carboxylic acid groups (broad SMARTS) is 1. The van der Waals surface area contributed by atoms with Crippen LogP contribution in [0.4, 0.5) is 0 Å². The zero-order valence-electron chi connectivity index (χ0n) is 6.34. The van der Waals surface area contributed by atoms with Gasteiger partial charge in [0.2, 0.25) is 0 Å². The molecule has 1 aromatic rings. The zero-order chi connectivity index (χ0) is 8.97. The molecule has 0 saturated heterocycles. The Morgan fingerprint density at radius 3 is 2.92 bits per heavy atom. The molecule has 0 spiro atoms. The molecule has 0 aliphatic rings. The predicted molar refractivity (Wildman–Crippen MR) is 41.3 cm³/mol. The molecule has 12 heavy (non-hydrogen) atoms. The Morgan fingerprint density at radius 2 is 2.42 bits per heavy atom. The van der Waals surface area contributed by atoms with E-state index in [2.05, 4.69) is 9.97 Å². The molecule has 1 atom stereocenters. The molecule has 64 valence electrons. The number of carbonyl (C=O) groups is 1. The van der Waals surface area contributed by atoms with Gasteiger partial charge in [-0.05, 0) is 0 Å². The van der Waals surface area contributed by atoms with Crippen LogP contribution in [0.15, 0.2) is 18.6 Å². The molecule has 0 aliphatic heterocycles. The minimum Gasteiger partial charge on any atom is -0.480 e. The van der Waals surface area contributed by atoms with Gasteiger partial charge in [0.25, 0.3) is 0 Å². The quantitative estimate of drug-likeness (QED) is 0.629. The molecule has 3 N–H and O–H groups in total. The predicted octanol–water partition coefficient (Wildman–Crippen LogP) is -0.569. The molecule has 0 amide bonds. The van der Waals surface area contributed by atoms with Crippen LogP contribution in [-0.4, -0.2) is 27.1 Å². The van der Waals surface area contributed by atoms with Crippen molar-refractivity contribution in [1.82, 2.24) is 9.97 Å². The van der Waals surface area contributed by atoms with E-state index in [1.54, 1.807) is 0 Å². The molecule has 1 rings (SSSR count). The van der Waals surface area contributed by atoms with E-state index in [0.29, 0.717) is 5.69 Å². The van der Waals surface area contributed by atoms with Gasteiger partial charge in [0.1, 0.15) is 6.04 Å². The fraction of sp³-hybridized carbons (Fsp3) is 0.286. The summed E-state index contributed by atoms with van der Waals surface area (Å²) in [6, 6.07) is -0.901. The first-order valence-corrected chi connectivity index (χ1v) is 3.43. The van der Waals surface area contributed by atoms with Crippen molar-refractivity contribution in [2.45, 2.75) is 12.5 Å². The van der Waals surface area contributed by atoms with Gasteiger partial charge in [-0.1, -0.05) is 0 Å². The van der Waals surface area contributed by atoms with E-state index in [4.69, 9.17) is 10.8 Å². The topological polar surface area (TPSA) is 89.1 Å². The third-order valence-electron chi connectivity index (χ3n) is 1.36. The second-order valence-electron chi connectivity index (χ2n) is 2.35. The highest BCUT2D eigenvalue weighted by Gasteiger charge is 2.12. The van der Waals surface area contributed by atoms with Gasteiger partial charge >= 0.3 is 5.97 Å². The van der Waals surface area contributed by atoms with Crippen LogP contribution in [-0.2, 0) is 11.2 Å². The van der Waals surface area contributed by atoms with E-state index in [9.17, 15) is 4.79 Å². The van der Waals surface area contributed by atoms with Crippen LogP contribution in [0.25, 0.3) is 0 Å². The molecule has 1 aromatic heterocycles. The summed E-state index contributed by atoms with van der Waals surface area (Å²) in [5.74, 6) is -1.03. The molecule has 5 heteroatoms. The molecule has 5 nitrogen and oxygen atoms in total. The first kappa shape index (κ1) is 8.61. The molecule has 0 radical (unpaired) electrons. The lowest BCUT2D eigenvalue weighted by molar-refractivity contribution is -0.138. The van der Waals surface area contributed by atoms with E-state index in [0.717, 1.165) is 0 Å². The summed E-state index contributed by atoms with van der Waals surface area (Å²) in [6.45, 7) is 0. The number of nitrogens with zero attached hydrogens (tertiary/aromatic N) is 2. The normalized spacial score (nSPS) is 12.4. The van der Waals surface area contributed by atoms with Crippen LogP contribution in [0.5, 0.6) is 0 Å². The second kappa shape index (κ2) is 3.77. The highest BCUT2D eigenvalue weighted by Crippen LogP contribution is 1.94. The van der Waals surface area contributed by atoms with Gasteiger partial charge in [-0.15, -0.1) is 0 Å². The van der Waals surface area contributed by atoms with Gasteiger partial charge in [-0.2, -0.15) is 0 Å². The highest BCUT2D eigenvalue weighted by molar-refractivity contribution is 5.73. The van der Waals surface area contributed by atoms with Crippen LogP contribution >= 0.6 is 0 Å². The zero-order valence-corrected chi connectivity index (χ0v) is 6.34. The van der Waals surface area contributed by atoms with Gasteiger partial charge in [-0.3, -0.25) is 14.8 Å². The first-order chi connectivity index (χ1) is 5.70. The van der Waals surface area contributed by atoms with Gasteiger partial charge in [0.15, 0.2) is 0 Å². The van der Waals surface area contributed by atoms with Crippen LogP contribution < -0.4 is 5.73 Å². The summed E-state index contributed by atoms with van der Waals surface area (Å²) >= 11 is 0. The van der Waals surface area contributed by atoms with Crippen LogP contribution in [0.1, 0.15) is 5.69 Å². The fourth-order valence-corrected chi connectivity index (χ4v) is 0.748. The summed E-state index contributed by atoms with van der Waals surface area (Å²) in [5, 5.41) is 8.47. The first-order valence-electron chi connectivity index (χ1n) is 3.43. The van der Waals surface area contributed by atoms with E-state index >= 15 is 0 Å². The monoisotopic (exact) mass is 167 g/mol. The maximum Gasteiger partial charge on any atom is 0.320 e. The van der Waals surface area contributed by atoms with Crippen molar-refractivity contribution in [3.05, 3.63) is 24.3 Å². The number of carboxylic acids is 1. The summed E-state index contributed by atoms with van der Waals surface area (Å²) < 4.78 is 0. The number of aliphatic carboxylic acids is 1. The molecule has 0 aromatic carbocycles. The number of hydrogen-bond acceptors (Lipinski definition) is 4. The van der Waals surface area contributed by atoms with E-state index in [1.807, 2.05) is 0 Å². The van der Waals surface area contributed by atoms with Crippen LogP contribution in [0, 0.1) is 0 Å². The Balaban J connectivity index is 2.58. The van der Waals surface area contributed by atoms with Crippen molar-refractivity contribution in [2.24, 2.45) is 5.73 Å². The maximum absolute atomic E-state index is 10.3. The van der Waals surface area contributed by atoms with Gasteiger partial charge < -0.3 is 10.8 Å².